The van der Waals surface area contributed by atoms with E-state index in [9.17, 15) is 0 Å². The number of hydrogen-bond donors (Lipinski definition) is 2. The molecule has 0 fully saturated rings. The number of benzene rings is 1. The van der Waals surface area contributed by atoms with Crippen LogP contribution in [0.25, 0.3) is 0 Å². The van der Waals surface area contributed by atoms with Crippen LogP contribution in [0.3, 0.4) is 0 Å². The van der Waals surface area contributed by atoms with Gasteiger partial charge in [-0.2, -0.15) is 24.4 Å². The summed E-state index contributed by atoms with van der Waals surface area (Å²) in [5.74, 6) is 2.79. The standard InChI is InChI=1S/C10H15NS2.ClH/c11-10(6-12)8-13-7-9-4-2-1-3-5-9;/h1-5,10,12H,6-8,11H2;1H. The number of thiol groups is 1. The Balaban J connectivity index is 0.00000169. The summed E-state index contributed by atoms with van der Waals surface area (Å²) < 4.78 is 0. The Labute approximate surface area is 102 Å². The molecule has 0 bridgehead atoms. The molecule has 0 saturated heterocycles. The molecule has 2 N–H and O–H groups in total. The van der Waals surface area contributed by atoms with Crippen molar-refractivity contribution in [3.05, 3.63) is 35.9 Å². The summed E-state index contributed by atoms with van der Waals surface area (Å²) in [5, 5.41) is 0. The van der Waals surface area contributed by atoms with Crippen molar-refractivity contribution in [1.29, 1.82) is 0 Å². The van der Waals surface area contributed by atoms with E-state index in [0.29, 0.717) is 0 Å². The number of thioether (sulfide) groups is 1. The van der Waals surface area contributed by atoms with Gasteiger partial charge in [0.15, 0.2) is 0 Å². The van der Waals surface area contributed by atoms with Gasteiger partial charge in [-0.3, -0.25) is 0 Å². The lowest BCUT2D eigenvalue weighted by molar-refractivity contribution is 0.863. The maximum atomic E-state index is 5.74. The SMILES string of the molecule is Cl.NC(CS)CSCc1ccccc1. The van der Waals surface area contributed by atoms with Gasteiger partial charge in [0.25, 0.3) is 0 Å². The van der Waals surface area contributed by atoms with Crippen LogP contribution < -0.4 is 5.73 Å². The van der Waals surface area contributed by atoms with E-state index in [1.807, 2.05) is 17.8 Å². The molecular weight excluding hydrogens is 234 g/mol. The van der Waals surface area contributed by atoms with E-state index >= 15 is 0 Å². The van der Waals surface area contributed by atoms with Gasteiger partial charge < -0.3 is 5.73 Å². The molecule has 0 amide bonds. The molecule has 0 heterocycles. The molecule has 1 rings (SSSR count). The average Bonchev–Trinajstić information content (AvgIpc) is 2.19. The molecule has 14 heavy (non-hydrogen) atoms. The third kappa shape index (κ3) is 5.81. The molecule has 4 heteroatoms. The molecule has 0 aliphatic heterocycles. The van der Waals surface area contributed by atoms with Crippen molar-refractivity contribution in [2.45, 2.75) is 11.8 Å². The molecule has 0 aromatic heterocycles. The maximum absolute atomic E-state index is 5.74. The Morgan fingerprint density at radius 2 is 1.93 bits per heavy atom. The second-order valence-electron chi connectivity index (χ2n) is 2.94. The Kier molecular flexibility index (Phi) is 8.58. The van der Waals surface area contributed by atoms with Crippen LogP contribution in [0, 0.1) is 0 Å². The molecule has 0 aliphatic rings. The van der Waals surface area contributed by atoms with Gasteiger partial charge in [0, 0.05) is 23.3 Å². The summed E-state index contributed by atoms with van der Waals surface area (Å²) in [6, 6.07) is 10.7. The number of nitrogens with two attached hydrogens (primary N) is 1. The van der Waals surface area contributed by atoms with Crippen molar-refractivity contribution in [2.75, 3.05) is 11.5 Å². The normalized spacial score (nSPS) is 11.9. The lowest BCUT2D eigenvalue weighted by Crippen LogP contribution is -2.24. The summed E-state index contributed by atoms with van der Waals surface area (Å²) >= 11 is 6.00. The molecule has 0 saturated carbocycles. The zero-order chi connectivity index (χ0) is 9.52. The van der Waals surface area contributed by atoms with E-state index in [0.717, 1.165) is 17.3 Å². The third-order valence-electron chi connectivity index (χ3n) is 1.68. The number of halogens is 1. The van der Waals surface area contributed by atoms with Gasteiger partial charge in [-0.25, -0.2) is 0 Å². The van der Waals surface area contributed by atoms with E-state index in [2.05, 4.69) is 36.9 Å². The Morgan fingerprint density at radius 1 is 1.29 bits per heavy atom. The molecule has 80 valence electrons. The largest absolute Gasteiger partial charge is 0.326 e. The van der Waals surface area contributed by atoms with Gasteiger partial charge in [0.2, 0.25) is 0 Å². The van der Waals surface area contributed by atoms with Gasteiger partial charge in [-0.05, 0) is 5.56 Å². The van der Waals surface area contributed by atoms with Gasteiger partial charge in [0.1, 0.15) is 0 Å². The zero-order valence-electron chi connectivity index (χ0n) is 7.93. The van der Waals surface area contributed by atoms with Crippen LogP contribution in [0.2, 0.25) is 0 Å². The highest BCUT2D eigenvalue weighted by Crippen LogP contribution is 2.12. The molecule has 1 atom stereocenters. The molecule has 1 unspecified atom stereocenters. The predicted octanol–water partition coefficient (Wildman–Crippen LogP) is 2.60. The smallest absolute Gasteiger partial charge is 0.0219 e. The summed E-state index contributed by atoms with van der Waals surface area (Å²) in [4.78, 5) is 0. The third-order valence-corrected chi connectivity index (χ3v) is 3.35. The number of hydrogen-bond acceptors (Lipinski definition) is 3. The summed E-state index contributed by atoms with van der Waals surface area (Å²) in [6.07, 6.45) is 0. The summed E-state index contributed by atoms with van der Waals surface area (Å²) in [5.41, 5.74) is 7.10. The highest BCUT2D eigenvalue weighted by Gasteiger charge is 1.99. The quantitative estimate of drug-likeness (QED) is 0.785. The maximum Gasteiger partial charge on any atom is 0.0219 e. The monoisotopic (exact) mass is 249 g/mol. The van der Waals surface area contributed by atoms with E-state index in [1.54, 1.807) is 0 Å². The predicted molar refractivity (Wildman–Crippen MR) is 71.7 cm³/mol. The Morgan fingerprint density at radius 3 is 2.50 bits per heavy atom. The van der Waals surface area contributed by atoms with Crippen LogP contribution in [0.1, 0.15) is 5.56 Å². The van der Waals surface area contributed by atoms with Crippen LogP contribution in [-0.2, 0) is 5.75 Å². The van der Waals surface area contributed by atoms with Crippen LogP contribution in [0.4, 0.5) is 0 Å². The topological polar surface area (TPSA) is 26.0 Å². The molecule has 1 nitrogen and oxygen atoms in total. The first kappa shape index (κ1) is 14.2. The van der Waals surface area contributed by atoms with Crippen molar-refractivity contribution in [3.63, 3.8) is 0 Å². The first-order valence-electron chi connectivity index (χ1n) is 4.31. The van der Waals surface area contributed by atoms with Gasteiger partial charge in [-0.1, -0.05) is 30.3 Å². The molecule has 1 aromatic carbocycles. The van der Waals surface area contributed by atoms with Crippen LogP contribution in [-0.4, -0.2) is 17.5 Å². The van der Waals surface area contributed by atoms with Crippen molar-refractivity contribution in [2.24, 2.45) is 5.73 Å². The summed E-state index contributed by atoms with van der Waals surface area (Å²) in [6.45, 7) is 0. The van der Waals surface area contributed by atoms with Crippen molar-refractivity contribution in [3.8, 4) is 0 Å². The Bertz CT molecular complexity index is 231. The fourth-order valence-corrected chi connectivity index (χ4v) is 2.23. The van der Waals surface area contributed by atoms with Crippen molar-refractivity contribution in [1.82, 2.24) is 0 Å². The minimum absolute atomic E-state index is 0. The van der Waals surface area contributed by atoms with Crippen LogP contribution >= 0.6 is 36.8 Å². The van der Waals surface area contributed by atoms with Crippen molar-refractivity contribution < 1.29 is 0 Å². The fraction of sp³-hybridized carbons (Fsp3) is 0.400. The highest BCUT2D eigenvalue weighted by molar-refractivity contribution is 7.98. The van der Waals surface area contributed by atoms with E-state index in [4.69, 9.17) is 5.73 Å². The van der Waals surface area contributed by atoms with Crippen molar-refractivity contribution >= 4 is 36.8 Å². The van der Waals surface area contributed by atoms with E-state index in [-0.39, 0.29) is 18.4 Å². The summed E-state index contributed by atoms with van der Waals surface area (Å²) in [7, 11) is 0. The minimum atomic E-state index is 0. The van der Waals surface area contributed by atoms with E-state index < -0.39 is 0 Å². The highest BCUT2D eigenvalue weighted by atomic mass is 35.5. The second kappa shape index (κ2) is 8.48. The average molecular weight is 250 g/mol. The van der Waals surface area contributed by atoms with E-state index in [1.165, 1.54) is 5.56 Å². The first-order valence-corrected chi connectivity index (χ1v) is 6.09. The minimum Gasteiger partial charge on any atom is -0.326 e. The lowest BCUT2D eigenvalue weighted by atomic mass is 10.2. The van der Waals surface area contributed by atoms with Gasteiger partial charge >= 0.3 is 0 Å². The molecule has 1 aromatic rings. The second-order valence-corrected chi connectivity index (χ2v) is 4.34. The molecule has 0 aliphatic carbocycles. The van der Waals surface area contributed by atoms with Gasteiger partial charge in [-0.15, -0.1) is 12.4 Å². The molecule has 0 spiro atoms. The Hall–Kier alpha value is 0.170. The van der Waals surface area contributed by atoms with Crippen LogP contribution in [0.15, 0.2) is 30.3 Å². The fourth-order valence-electron chi connectivity index (χ4n) is 0.955. The molecular formula is C10H16ClNS2. The van der Waals surface area contributed by atoms with Crippen LogP contribution in [0.5, 0.6) is 0 Å². The first-order chi connectivity index (χ1) is 6.33. The number of rotatable bonds is 5. The molecule has 0 radical (unpaired) electrons. The zero-order valence-corrected chi connectivity index (χ0v) is 10.5. The lowest BCUT2D eigenvalue weighted by Gasteiger charge is -2.07. The van der Waals surface area contributed by atoms with Gasteiger partial charge in [0.05, 0.1) is 0 Å².